The molecule has 1 aromatic heterocycles. The van der Waals surface area contributed by atoms with Crippen molar-refractivity contribution in [1.29, 1.82) is 0 Å². The van der Waals surface area contributed by atoms with Crippen molar-refractivity contribution in [2.75, 3.05) is 37.7 Å². The molecule has 0 aliphatic carbocycles. The van der Waals surface area contributed by atoms with Crippen LogP contribution in [-0.4, -0.2) is 65.3 Å². The molecule has 0 bridgehead atoms. The summed E-state index contributed by atoms with van der Waals surface area (Å²) in [5.41, 5.74) is 2.07. The van der Waals surface area contributed by atoms with Crippen LogP contribution in [-0.2, 0) is 9.47 Å². The van der Waals surface area contributed by atoms with E-state index in [4.69, 9.17) is 9.47 Å². The molecule has 28 heavy (non-hydrogen) atoms. The van der Waals surface area contributed by atoms with Gasteiger partial charge in [0.1, 0.15) is 5.60 Å². The van der Waals surface area contributed by atoms with Crippen molar-refractivity contribution in [2.24, 2.45) is 0 Å². The molecule has 0 spiro atoms. The maximum atomic E-state index is 12.2. The number of anilines is 1. The van der Waals surface area contributed by atoms with Crippen LogP contribution in [0.2, 0.25) is 0 Å². The number of benzene rings is 1. The first-order chi connectivity index (χ1) is 13.3. The third-order valence-electron chi connectivity index (χ3n) is 4.31. The topological polar surface area (TPSA) is 84.9 Å². The highest BCUT2D eigenvalue weighted by atomic mass is 16.6. The van der Waals surface area contributed by atoms with Crippen molar-refractivity contribution >= 4 is 28.8 Å². The third kappa shape index (κ3) is 4.68. The number of nitrogens with zero attached hydrogens (tertiary/aromatic N) is 4. The molecule has 0 atom stereocenters. The van der Waals surface area contributed by atoms with E-state index in [1.807, 2.05) is 39.0 Å². The lowest BCUT2D eigenvalue weighted by molar-refractivity contribution is 0.0240. The second kappa shape index (κ2) is 8.00. The van der Waals surface area contributed by atoms with Crippen LogP contribution in [0.4, 0.5) is 10.5 Å². The van der Waals surface area contributed by atoms with Gasteiger partial charge in [-0.25, -0.2) is 14.6 Å². The van der Waals surface area contributed by atoms with Crippen LogP contribution in [0.25, 0.3) is 11.0 Å². The van der Waals surface area contributed by atoms with E-state index in [0.29, 0.717) is 43.8 Å². The number of aromatic nitrogens is 2. The molecule has 1 aliphatic rings. The van der Waals surface area contributed by atoms with E-state index in [0.717, 1.165) is 5.69 Å². The maximum absolute atomic E-state index is 12.2. The number of fused-ring (bicyclic) bond motifs is 1. The second-order valence-electron chi connectivity index (χ2n) is 7.60. The number of hydrogen-bond acceptors (Lipinski definition) is 7. The lowest BCUT2D eigenvalue weighted by atomic mass is 10.2. The van der Waals surface area contributed by atoms with Gasteiger partial charge in [-0.3, -0.25) is 4.98 Å². The van der Waals surface area contributed by atoms with Crippen LogP contribution in [0.3, 0.4) is 0 Å². The van der Waals surface area contributed by atoms with Gasteiger partial charge in [0.05, 0.1) is 23.8 Å². The Kier molecular flexibility index (Phi) is 5.67. The summed E-state index contributed by atoms with van der Waals surface area (Å²) in [6, 6.07) is 5.75. The van der Waals surface area contributed by atoms with Crippen LogP contribution >= 0.6 is 0 Å². The molecular formula is C20H26N4O4. The zero-order chi connectivity index (χ0) is 20.3. The van der Waals surface area contributed by atoms with Gasteiger partial charge < -0.3 is 19.3 Å². The molecule has 2 heterocycles. The average molecular weight is 386 g/mol. The first-order valence-electron chi connectivity index (χ1n) is 9.43. The largest absolute Gasteiger partial charge is 0.461 e. The number of amides is 1. The van der Waals surface area contributed by atoms with E-state index < -0.39 is 11.6 Å². The number of carbonyl (C=O) groups excluding carboxylic acids is 2. The Labute approximate surface area is 164 Å². The van der Waals surface area contributed by atoms with Crippen LogP contribution in [0.1, 0.15) is 38.2 Å². The van der Waals surface area contributed by atoms with Crippen LogP contribution in [0, 0.1) is 0 Å². The highest BCUT2D eigenvalue weighted by molar-refractivity contribution is 5.90. The summed E-state index contributed by atoms with van der Waals surface area (Å²) in [7, 11) is 0. The summed E-state index contributed by atoms with van der Waals surface area (Å²) in [4.78, 5) is 36.6. The van der Waals surface area contributed by atoms with Gasteiger partial charge in [-0.1, -0.05) is 0 Å². The van der Waals surface area contributed by atoms with Gasteiger partial charge in [0.15, 0.2) is 5.69 Å². The molecule has 0 unspecified atom stereocenters. The number of hydrogen-bond donors (Lipinski definition) is 0. The molecule has 3 rings (SSSR count). The molecule has 1 fully saturated rings. The summed E-state index contributed by atoms with van der Waals surface area (Å²) in [6.07, 6.45) is 1.16. The maximum Gasteiger partial charge on any atom is 0.410 e. The van der Waals surface area contributed by atoms with Crippen LogP contribution in [0.15, 0.2) is 24.4 Å². The van der Waals surface area contributed by atoms with Crippen LogP contribution in [0.5, 0.6) is 0 Å². The van der Waals surface area contributed by atoms with Crippen molar-refractivity contribution in [3.8, 4) is 0 Å². The number of piperazine rings is 1. The van der Waals surface area contributed by atoms with E-state index in [2.05, 4.69) is 14.9 Å². The average Bonchev–Trinajstić information content (AvgIpc) is 2.66. The molecule has 8 heteroatoms. The van der Waals surface area contributed by atoms with E-state index in [9.17, 15) is 9.59 Å². The molecule has 1 aliphatic heterocycles. The normalized spacial score (nSPS) is 14.9. The van der Waals surface area contributed by atoms with E-state index >= 15 is 0 Å². The zero-order valence-corrected chi connectivity index (χ0v) is 16.8. The summed E-state index contributed by atoms with van der Waals surface area (Å²) < 4.78 is 10.4. The summed E-state index contributed by atoms with van der Waals surface area (Å²) in [5, 5.41) is 0. The minimum atomic E-state index is -0.492. The Morgan fingerprint density at radius 3 is 2.46 bits per heavy atom. The predicted octanol–water partition coefficient (Wildman–Crippen LogP) is 2.86. The Bertz CT molecular complexity index is 870. The zero-order valence-electron chi connectivity index (χ0n) is 16.8. The molecule has 0 saturated carbocycles. The summed E-state index contributed by atoms with van der Waals surface area (Å²) >= 11 is 0. The van der Waals surface area contributed by atoms with Crippen molar-refractivity contribution in [2.45, 2.75) is 33.3 Å². The Morgan fingerprint density at radius 1 is 1.11 bits per heavy atom. The van der Waals surface area contributed by atoms with Gasteiger partial charge >= 0.3 is 12.1 Å². The molecule has 0 radical (unpaired) electrons. The van der Waals surface area contributed by atoms with Gasteiger partial charge in [0.2, 0.25) is 0 Å². The number of ether oxygens (including phenoxy) is 2. The quantitative estimate of drug-likeness (QED) is 0.750. The van der Waals surface area contributed by atoms with Gasteiger partial charge in [0, 0.05) is 31.9 Å². The first kappa shape index (κ1) is 19.9. The lowest BCUT2D eigenvalue weighted by Gasteiger charge is -2.36. The molecule has 0 N–H and O–H groups in total. The standard InChI is InChI=1S/C20H26N4O4/c1-5-27-18(25)17-13-21-16-12-14(6-7-15(16)22-17)23-8-10-24(11-9-23)19(26)28-20(2,3)4/h6-7,12-13H,5,8-11H2,1-4H3. The van der Waals surface area contributed by atoms with Crippen molar-refractivity contribution in [1.82, 2.24) is 14.9 Å². The molecule has 1 saturated heterocycles. The fourth-order valence-electron chi connectivity index (χ4n) is 2.97. The molecule has 2 aromatic rings. The van der Waals surface area contributed by atoms with Gasteiger partial charge in [0.25, 0.3) is 0 Å². The molecule has 1 amide bonds. The van der Waals surface area contributed by atoms with Crippen molar-refractivity contribution in [3.05, 3.63) is 30.1 Å². The van der Waals surface area contributed by atoms with E-state index in [1.54, 1.807) is 11.8 Å². The monoisotopic (exact) mass is 386 g/mol. The van der Waals surface area contributed by atoms with Gasteiger partial charge in [-0.15, -0.1) is 0 Å². The second-order valence-corrected chi connectivity index (χ2v) is 7.60. The third-order valence-corrected chi connectivity index (χ3v) is 4.31. The first-order valence-corrected chi connectivity index (χ1v) is 9.43. The van der Waals surface area contributed by atoms with Gasteiger partial charge in [-0.2, -0.15) is 0 Å². The predicted molar refractivity (Wildman–Crippen MR) is 106 cm³/mol. The van der Waals surface area contributed by atoms with Crippen LogP contribution < -0.4 is 4.90 Å². The van der Waals surface area contributed by atoms with E-state index in [-0.39, 0.29) is 11.8 Å². The number of rotatable bonds is 3. The lowest BCUT2D eigenvalue weighted by Crippen LogP contribution is -2.50. The Hall–Kier alpha value is -2.90. The molecule has 150 valence electrons. The molecule has 1 aromatic carbocycles. The van der Waals surface area contributed by atoms with E-state index in [1.165, 1.54) is 6.20 Å². The van der Waals surface area contributed by atoms with Gasteiger partial charge in [-0.05, 0) is 45.9 Å². The fraction of sp³-hybridized carbons (Fsp3) is 0.500. The fourth-order valence-corrected chi connectivity index (χ4v) is 2.97. The highest BCUT2D eigenvalue weighted by Gasteiger charge is 2.26. The van der Waals surface area contributed by atoms with Crippen molar-refractivity contribution in [3.63, 3.8) is 0 Å². The van der Waals surface area contributed by atoms with Crippen molar-refractivity contribution < 1.29 is 19.1 Å². The summed E-state index contributed by atoms with van der Waals surface area (Å²) in [6.45, 7) is 10.3. The number of esters is 1. The minimum Gasteiger partial charge on any atom is -0.461 e. The summed E-state index contributed by atoms with van der Waals surface area (Å²) in [5.74, 6) is -0.473. The molecular weight excluding hydrogens is 360 g/mol. The Balaban J connectivity index is 1.67. The molecule has 8 nitrogen and oxygen atoms in total. The highest BCUT2D eigenvalue weighted by Crippen LogP contribution is 2.22. The number of carbonyl (C=O) groups is 2. The smallest absolute Gasteiger partial charge is 0.410 e. The Morgan fingerprint density at radius 2 is 1.82 bits per heavy atom. The minimum absolute atomic E-state index is 0.202. The SMILES string of the molecule is CCOC(=O)c1cnc2cc(N3CCN(C(=O)OC(C)(C)C)CC3)ccc2n1.